The van der Waals surface area contributed by atoms with Crippen LogP contribution in [0.3, 0.4) is 0 Å². The Hall–Kier alpha value is -1.88. The van der Waals surface area contributed by atoms with E-state index in [1.54, 1.807) is 24.3 Å². The topological polar surface area (TPSA) is 61.4 Å². The van der Waals surface area contributed by atoms with Gasteiger partial charge in [-0.3, -0.25) is 9.59 Å². The van der Waals surface area contributed by atoms with E-state index in [1.807, 2.05) is 4.90 Å². The van der Waals surface area contributed by atoms with Gasteiger partial charge in [-0.1, -0.05) is 19.9 Å². The maximum Gasteiger partial charge on any atom is 0.253 e. The van der Waals surface area contributed by atoms with Gasteiger partial charge in [0, 0.05) is 30.3 Å². The fourth-order valence-corrected chi connectivity index (χ4v) is 3.07. The summed E-state index contributed by atoms with van der Waals surface area (Å²) in [5, 5.41) is 6.36. The summed E-state index contributed by atoms with van der Waals surface area (Å²) >= 11 is 0. The molecule has 2 amide bonds. The minimum atomic E-state index is -0.0888. The quantitative estimate of drug-likeness (QED) is 0.807. The van der Waals surface area contributed by atoms with Crippen molar-refractivity contribution in [3.05, 3.63) is 35.4 Å². The third-order valence-electron chi connectivity index (χ3n) is 4.32. The van der Waals surface area contributed by atoms with E-state index in [1.165, 1.54) is 0 Å². The van der Waals surface area contributed by atoms with E-state index in [0.717, 1.165) is 51.9 Å². The molecule has 0 aromatic heterocycles. The number of amides is 2. The summed E-state index contributed by atoms with van der Waals surface area (Å²) in [4.78, 5) is 27.0. The van der Waals surface area contributed by atoms with Crippen LogP contribution in [-0.2, 0) is 0 Å². The molecule has 132 valence electrons. The first-order valence-electron chi connectivity index (χ1n) is 9.06. The van der Waals surface area contributed by atoms with Crippen molar-refractivity contribution in [2.75, 3.05) is 26.2 Å². The van der Waals surface area contributed by atoms with Crippen molar-refractivity contribution in [3.63, 3.8) is 0 Å². The number of hydrogen-bond acceptors (Lipinski definition) is 3. The Morgan fingerprint density at radius 2 is 1.75 bits per heavy atom. The Bertz CT molecular complexity index is 547. The number of hydrogen-bond donors (Lipinski definition) is 2. The van der Waals surface area contributed by atoms with Gasteiger partial charge in [0.25, 0.3) is 11.8 Å². The van der Waals surface area contributed by atoms with Crippen molar-refractivity contribution < 1.29 is 9.59 Å². The van der Waals surface area contributed by atoms with Crippen LogP contribution in [0.1, 0.15) is 60.2 Å². The number of nitrogens with one attached hydrogen (secondary N) is 2. The smallest absolute Gasteiger partial charge is 0.253 e. The Labute approximate surface area is 144 Å². The van der Waals surface area contributed by atoms with Gasteiger partial charge in [0.1, 0.15) is 0 Å². The number of benzene rings is 1. The van der Waals surface area contributed by atoms with E-state index in [2.05, 4.69) is 24.5 Å². The molecule has 0 atom stereocenters. The Morgan fingerprint density at radius 3 is 2.38 bits per heavy atom. The molecular formula is C19H29N3O2. The lowest BCUT2D eigenvalue weighted by Gasteiger charge is -2.24. The molecule has 1 heterocycles. The highest BCUT2D eigenvalue weighted by Crippen LogP contribution is 2.11. The number of piperidine rings is 1. The third-order valence-corrected chi connectivity index (χ3v) is 4.32. The van der Waals surface area contributed by atoms with Crippen molar-refractivity contribution in [1.82, 2.24) is 15.5 Å². The standard InChI is InChI=1S/C19H29N3O2/c1-3-12-22(13-4-2)19(24)16-7-5-6-15(14-16)18(23)21-17-8-10-20-11-9-17/h5-7,14,17,20H,3-4,8-13H2,1-2H3,(H,21,23). The first kappa shape index (κ1) is 18.5. The summed E-state index contributed by atoms with van der Waals surface area (Å²) in [6, 6.07) is 7.30. The van der Waals surface area contributed by atoms with Crippen molar-refractivity contribution in [2.24, 2.45) is 0 Å². The summed E-state index contributed by atoms with van der Waals surface area (Å²) in [7, 11) is 0. The van der Waals surface area contributed by atoms with Crippen LogP contribution in [0.25, 0.3) is 0 Å². The van der Waals surface area contributed by atoms with Gasteiger partial charge in [-0.05, 0) is 57.0 Å². The van der Waals surface area contributed by atoms with Crippen LogP contribution < -0.4 is 10.6 Å². The zero-order chi connectivity index (χ0) is 17.4. The summed E-state index contributed by atoms with van der Waals surface area (Å²) in [6.45, 7) is 7.51. The van der Waals surface area contributed by atoms with Crippen LogP contribution in [0.5, 0.6) is 0 Å². The molecule has 0 bridgehead atoms. The zero-order valence-electron chi connectivity index (χ0n) is 14.8. The molecule has 0 aliphatic carbocycles. The van der Waals surface area contributed by atoms with Gasteiger partial charge in [-0.15, -0.1) is 0 Å². The molecule has 2 N–H and O–H groups in total. The molecular weight excluding hydrogens is 302 g/mol. The molecule has 1 aromatic carbocycles. The third kappa shape index (κ3) is 5.06. The van der Waals surface area contributed by atoms with Crippen molar-refractivity contribution in [2.45, 2.75) is 45.6 Å². The zero-order valence-corrected chi connectivity index (χ0v) is 14.8. The van der Waals surface area contributed by atoms with Gasteiger partial charge >= 0.3 is 0 Å². The van der Waals surface area contributed by atoms with Gasteiger partial charge in [-0.2, -0.15) is 0 Å². The molecule has 0 unspecified atom stereocenters. The normalized spacial score (nSPS) is 15.1. The maximum atomic E-state index is 12.7. The largest absolute Gasteiger partial charge is 0.349 e. The predicted molar refractivity (Wildman–Crippen MR) is 96.3 cm³/mol. The average Bonchev–Trinajstić information content (AvgIpc) is 2.62. The molecule has 0 radical (unpaired) electrons. The molecule has 1 saturated heterocycles. The SMILES string of the molecule is CCCN(CCC)C(=O)c1cccc(C(=O)NC2CCNCC2)c1. The maximum absolute atomic E-state index is 12.7. The minimum Gasteiger partial charge on any atom is -0.349 e. The predicted octanol–water partition coefficient (Wildman–Crippen LogP) is 2.43. The fraction of sp³-hybridized carbons (Fsp3) is 0.579. The molecule has 1 fully saturated rings. The molecule has 5 nitrogen and oxygen atoms in total. The van der Waals surface area contributed by atoms with Gasteiger partial charge in [-0.25, -0.2) is 0 Å². The average molecular weight is 331 g/mol. The molecule has 1 aliphatic rings. The van der Waals surface area contributed by atoms with E-state index in [0.29, 0.717) is 11.1 Å². The van der Waals surface area contributed by atoms with Crippen LogP contribution in [0.15, 0.2) is 24.3 Å². The lowest BCUT2D eigenvalue weighted by molar-refractivity contribution is 0.0755. The lowest BCUT2D eigenvalue weighted by Crippen LogP contribution is -2.42. The Morgan fingerprint density at radius 1 is 1.12 bits per heavy atom. The molecule has 0 spiro atoms. The highest BCUT2D eigenvalue weighted by atomic mass is 16.2. The van der Waals surface area contributed by atoms with Crippen LogP contribution in [0.2, 0.25) is 0 Å². The lowest BCUT2D eigenvalue weighted by atomic mass is 10.0. The summed E-state index contributed by atoms with van der Waals surface area (Å²) in [6.07, 6.45) is 3.76. The van der Waals surface area contributed by atoms with E-state index in [4.69, 9.17) is 0 Å². The second-order valence-corrected chi connectivity index (χ2v) is 6.37. The van der Waals surface area contributed by atoms with Crippen LogP contribution >= 0.6 is 0 Å². The minimum absolute atomic E-state index is 0.00946. The molecule has 1 aromatic rings. The summed E-state index contributed by atoms with van der Waals surface area (Å²) in [5.74, 6) is -0.0794. The fourth-order valence-electron chi connectivity index (χ4n) is 3.07. The van der Waals surface area contributed by atoms with Crippen molar-refractivity contribution in [3.8, 4) is 0 Å². The first-order valence-corrected chi connectivity index (χ1v) is 9.06. The highest BCUT2D eigenvalue weighted by molar-refractivity contribution is 5.99. The van der Waals surface area contributed by atoms with Crippen LogP contribution in [0.4, 0.5) is 0 Å². The molecule has 1 aliphatic heterocycles. The highest BCUT2D eigenvalue weighted by Gasteiger charge is 2.19. The van der Waals surface area contributed by atoms with Crippen molar-refractivity contribution in [1.29, 1.82) is 0 Å². The number of carbonyl (C=O) groups excluding carboxylic acids is 2. The number of carbonyl (C=O) groups is 2. The van der Waals surface area contributed by atoms with Crippen molar-refractivity contribution >= 4 is 11.8 Å². The number of rotatable bonds is 7. The van der Waals surface area contributed by atoms with Gasteiger partial charge < -0.3 is 15.5 Å². The molecule has 24 heavy (non-hydrogen) atoms. The van der Waals surface area contributed by atoms with Gasteiger partial charge in [0.15, 0.2) is 0 Å². The first-order chi connectivity index (χ1) is 11.7. The number of nitrogens with zero attached hydrogens (tertiary/aromatic N) is 1. The van der Waals surface area contributed by atoms with E-state index in [9.17, 15) is 9.59 Å². The molecule has 2 rings (SSSR count). The monoisotopic (exact) mass is 331 g/mol. The second kappa shape index (κ2) is 9.42. The van der Waals surface area contributed by atoms with E-state index < -0.39 is 0 Å². The molecule has 0 saturated carbocycles. The van der Waals surface area contributed by atoms with Crippen LogP contribution in [0, 0.1) is 0 Å². The Kier molecular flexibility index (Phi) is 7.25. The second-order valence-electron chi connectivity index (χ2n) is 6.37. The van der Waals surface area contributed by atoms with Gasteiger partial charge in [0.2, 0.25) is 0 Å². The van der Waals surface area contributed by atoms with E-state index >= 15 is 0 Å². The Balaban J connectivity index is 2.06. The molecule has 5 heteroatoms. The van der Waals surface area contributed by atoms with Gasteiger partial charge in [0.05, 0.1) is 0 Å². The summed E-state index contributed by atoms with van der Waals surface area (Å²) < 4.78 is 0. The van der Waals surface area contributed by atoms with E-state index in [-0.39, 0.29) is 17.9 Å². The summed E-state index contributed by atoms with van der Waals surface area (Å²) in [5.41, 5.74) is 1.15. The van der Waals surface area contributed by atoms with Crippen LogP contribution in [-0.4, -0.2) is 48.9 Å².